The van der Waals surface area contributed by atoms with Crippen LogP contribution in [0.3, 0.4) is 0 Å². The second-order valence-corrected chi connectivity index (χ2v) is 7.68. The van der Waals surface area contributed by atoms with Crippen LogP contribution in [0.4, 0.5) is 0 Å². The van der Waals surface area contributed by atoms with Crippen LogP contribution < -0.4 is 5.73 Å². The Balaban J connectivity index is 1.66. The molecule has 1 fully saturated rings. The van der Waals surface area contributed by atoms with Gasteiger partial charge in [-0.2, -0.15) is 0 Å². The van der Waals surface area contributed by atoms with Crippen LogP contribution in [-0.2, 0) is 4.74 Å². The smallest absolute Gasteiger partial charge is 0.154 e. The minimum absolute atomic E-state index is 0.254. The maximum absolute atomic E-state index is 6.11. The lowest BCUT2D eigenvalue weighted by molar-refractivity contribution is 0.118. The third-order valence-corrected chi connectivity index (χ3v) is 5.78. The van der Waals surface area contributed by atoms with E-state index in [0.717, 1.165) is 40.9 Å². The molecule has 0 aromatic heterocycles. The van der Waals surface area contributed by atoms with Crippen molar-refractivity contribution in [3.05, 3.63) is 28.2 Å². The first-order valence-corrected chi connectivity index (χ1v) is 9.50. The SMILES string of the molecule is NC(=NC[C@@H]1CCCO1)SCCSc1cc(Cl)ccc1Cl. The molecule has 1 aliphatic rings. The molecule has 1 atom stereocenters. The van der Waals surface area contributed by atoms with Crippen molar-refractivity contribution in [2.75, 3.05) is 24.7 Å². The molecule has 2 rings (SSSR count). The Morgan fingerprint density at radius 1 is 1.38 bits per heavy atom. The van der Waals surface area contributed by atoms with E-state index >= 15 is 0 Å². The fraction of sp³-hybridized carbons (Fsp3) is 0.500. The van der Waals surface area contributed by atoms with Crippen molar-refractivity contribution >= 4 is 51.9 Å². The van der Waals surface area contributed by atoms with Gasteiger partial charge >= 0.3 is 0 Å². The van der Waals surface area contributed by atoms with E-state index in [1.54, 1.807) is 29.6 Å². The monoisotopic (exact) mass is 364 g/mol. The highest BCUT2D eigenvalue weighted by atomic mass is 35.5. The highest BCUT2D eigenvalue weighted by Crippen LogP contribution is 2.30. The van der Waals surface area contributed by atoms with Crippen LogP contribution in [0.1, 0.15) is 12.8 Å². The summed E-state index contributed by atoms with van der Waals surface area (Å²) in [5.74, 6) is 1.79. The standard InChI is InChI=1S/C14H18Cl2N2OS2/c15-10-3-4-12(16)13(8-10)20-6-7-21-14(17)18-9-11-2-1-5-19-11/h3-4,8,11H,1-2,5-7,9H2,(H2,17,18)/t11-/m0/s1. The number of amidine groups is 1. The first-order valence-electron chi connectivity index (χ1n) is 6.77. The average Bonchev–Trinajstić information content (AvgIpc) is 2.98. The van der Waals surface area contributed by atoms with Crippen LogP contribution in [0.2, 0.25) is 10.0 Å². The molecule has 116 valence electrons. The van der Waals surface area contributed by atoms with Crippen molar-refractivity contribution in [2.45, 2.75) is 23.8 Å². The van der Waals surface area contributed by atoms with Crippen molar-refractivity contribution in [3.8, 4) is 0 Å². The summed E-state index contributed by atoms with van der Waals surface area (Å²) in [6.45, 7) is 1.52. The summed E-state index contributed by atoms with van der Waals surface area (Å²) < 4.78 is 5.51. The van der Waals surface area contributed by atoms with Gasteiger partial charge in [-0.3, -0.25) is 4.99 Å². The lowest BCUT2D eigenvalue weighted by Crippen LogP contribution is -2.15. The van der Waals surface area contributed by atoms with Gasteiger partial charge in [0.2, 0.25) is 0 Å². The predicted octanol–water partition coefficient (Wildman–Crippen LogP) is 4.31. The summed E-state index contributed by atoms with van der Waals surface area (Å²) in [5.41, 5.74) is 5.89. The quantitative estimate of drug-likeness (QED) is 0.353. The molecule has 1 aliphatic heterocycles. The Labute approximate surface area is 144 Å². The van der Waals surface area contributed by atoms with Crippen molar-refractivity contribution in [1.29, 1.82) is 0 Å². The predicted molar refractivity (Wildman–Crippen MR) is 95.1 cm³/mol. The molecule has 1 aromatic carbocycles. The van der Waals surface area contributed by atoms with E-state index < -0.39 is 0 Å². The maximum Gasteiger partial charge on any atom is 0.154 e. The Bertz CT molecular complexity index is 494. The average molecular weight is 365 g/mol. The number of aliphatic imine (C=N–C) groups is 1. The van der Waals surface area contributed by atoms with Crippen LogP contribution >= 0.6 is 46.7 Å². The van der Waals surface area contributed by atoms with Crippen molar-refractivity contribution < 1.29 is 4.74 Å². The highest BCUT2D eigenvalue weighted by molar-refractivity contribution is 8.14. The van der Waals surface area contributed by atoms with Crippen molar-refractivity contribution in [3.63, 3.8) is 0 Å². The third-order valence-electron chi connectivity index (χ3n) is 2.96. The number of nitrogens with zero attached hydrogens (tertiary/aromatic N) is 1. The first kappa shape index (κ1) is 17.3. The van der Waals surface area contributed by atoms with E-state index in [9.17, 15) is 0 Å². The number of hydrogen-bond acceptors (Lipinski definition) is 4. The van der Waals surface area contributed by atoms with Crippen LogP contribution in [0, 0.1) is 0 Å². The zero-order valence-corrected chi connectivity index (χ0v) is 14.7. The van der Waals surface area contributed by atoms with Crippen LogP contribution in [0.15, 0.2) is 28.1 Å². The molecule has 21 heavy (non-hydrogen) atoms. The first-order chi connectivity index (χ1) is 10.1. The summed E-state index contributed by atoms with van der Waals surface area (Å²) in [4.78, 5) is 5.36. The minimum atomic E-state index is 0.254. The molecule has 0 saturated carbocycles. The topological polar surface area (TPSA) is 47.6 Å². The molecular weight excluding hydrogens is 347 g/mol. The number of nitrogens with two attached hydrogens (primary N) is 1. The largest absolute Gasteiger partial charge is 0.379 e. The summed E-state index contributed by atoms with van der Waals surface area (Å²) in [6.07, 6.45) is 2.47. The number of hydrogen-bond donors (Lipinski definition) is 1. The number of benzene rings is 1. The van der Waals surface area contributed by atoms with E-state index in [2.05, 4.69) is 4.99 Å². The van der Waals surface area contributed by atoms with Crippen molar-refractivity contribution in [1.82, 2.24) is 0 Å². The van der Waals surface area contributed by atoms with E-state index in [1.165, 1.54) is 0 Å². The van der Waals surface area contributed by atoms with Gasteiger partial charge in [0.25, 0.3) is 0 Å². The maximum atomic E-state index is 6.11. The summed E-state index contributed by atoms with van der Waals surface area (Å²) in [6, 6.07) is 5.49. The van der Waals surface area contributed by atoms with E-state index in [-0.39, 0.29) is 6.10 Å². The molecule has 3 nitrogen and oxygen atoms in total. The van der Waals surface area contributed by atoms with Gasteiger partial charge in [0.15, 0.2) is 5.17 Å². The van der Waals surface area contributed by atoms with E-state index in [4.69, 9.17) is 33.7 Å². The fourth-order valence-corrected chi connectivity index (χ4v) is 4.11. The molecule has 0 amide bonds. The van der Waals surface area contributed by atoms with Crippen LogP contribution in [0.5, 0.6) is 0 Å². The van der Waals surface area contributed by atoms with E-state index in [0.29, 0.717) is 16.7 Å². The fourth-order valence-electron chi connectivity index (χ4n) is 1.91. The Hall–Kier alpha value is -0.0700. The van der Waals surface area contributed by atoms with Gasteiger partial charge in [-0.05, 0) is 31.0 Å². The molecule has 0 spiro atoms. The van der Waals surface area contributed by atoms with Gasteiger partial charge in [0, 0.05) is 28.0 Å². The van der Waals surface area contributed by atoms with Gasteiger partial charge in [0.1, 0.15) is 0 Å². The van der Waals surface area contributed by atoms with Gasteiger partial charge in [-0.1, -0.05) is 35.0 Å². The minimum Gasteiger partial charge on any atom is -0.379 e. The number of halogens is 2. The number of rotatable bonds is 6. The molecule has 0 bridgehead atoms. The van der Waals surface area contributed by atoms with Crippen LogP contribution in [-0.4, -0.2) is 35.9 Å². The van der Waals surface area contributed by atoms with Gasteiger partial charge < -0.3 is 10.5 Å². The molecule has 0 unspecified atom stereocenters. The Kier molecular flexibility index (Phi) is 7.54. The molecule has 0 aliphatic carbocycles. The molecule has 7 heteroatoms. The molecular formula is C14H18Cl2N2OS2. The van der Waals surface area contributed by atoms with Gasteiger partial charge in [0.05, 0.1) is 17.7 Å². The molecule has 2 N–H and O–H groups in total. The Morgan fingerprint density at radius 3 is 3.00 bits per heavy atom. The Morgan fingerprint density at radius 2 is 2.24 bits per heavy atom. The van der Waals surface area contributed by atoms with Crippen LogP contribution in [0.25, 0.3) is 0 Å². The lowest BCUT2D eigenvalue weighted by Gasteiger charge is -2.07. The second kappa shape index (κ2) is 9.16. The molecule has 0 radical (unpaired) electrons. The number of ether oxygens (including phenoxy) is 1. The van der Waals surface area contributed by atoms with Gasteiger partial charge in [-0.25, -0.2) is 0 Å². The second-order valence-electron chi connectivity index (χ2n) is 4.59. The zero-order chi connectivity index (χ0) is 15.1. The zero-order valence-electron chi connectivity index (χ0n) is 11.6. The molecule has 1 aromatic rings. The highest BCUT2D eigenvalue weighted by Gasteiger charge is 2.14. The molecule has 1 heterocycles. The molecule has 1 saturated heterocycles. The third kappa shape index (κ3) is 6.28. The van der Waals surface area contributed by atoms with E-state index in [1.807, 2.05) is 12.1 Å². The summed E-state index contributed by atoms with van der Waals surface area (Å²) in [7, 11) is 0. The van der Waals surface area contributed by atoms with Crippen molar-refractivity contribution in [2.24, 2.45) is 10.7 Å². The summed E-state index contributed by atoms with van der Waals surface area (Å²) in [5, 5.41) is 2.06. The lowest BCUT2D eigenvalue weighted by atomic mass is 10.2. The normalized spacial score (nSPS) is 19.1. The summed E-state index contributed by atoms with van der Waals surface area (Å²) >= 11 is 15.3. The van der Waals surface area contributed by atoms with Gasteiger partial charge in [-0.15, -0.1) is 11.8 Å². The number of thioether (sulfide) groups is 2.